The first-order chi connectivity index (χ1) is 10.2. The van der Waals surface area contributed by atoms with Crippen LogP contribution in [-0.2, 0) is 16.1 Å². The molecule has 2 aliphatic heterocycles. The van der Waals surface area contributed by atoms with Gasteiger partial charge in [-0.15, -0.1) is 12.4 Å². The lowest BCUT2D eigenvalue weighted by molar-refractivity contribution is -0.126. The molecule has 5 nitrogen and oxygen atoms in total. The molecule has 0 aromatic heterocycles. The SMILES string of the molecule is Cc1ccc(CNC(=O)C2CNC2)c(OC2CCOC2)c1.Cl. The van der Waals surface area contributed by atoms with E-state index >= 15 is 0 Å². The first-order valence-corrected chi connectivity index (χ1v) is 7.55. The Labute approximate surface area is 137 Å². The molecule has 1 aromatic rings. The van der Waals surface area contributed by atoms with Crippen molar-refractivity contribution in [3.63, 3.8) is 0 Å². The number of aryl methyl sites for hydroxylation is 1. The minimum atomic E-state index is 0. The normalized spacial score (nSPS) is 20.9. The van der Waals surface area contributed by atoms with Gasteiger partial charge in [-0.05, 0) is 18.6 Å². The van der Waals surface area contributed by atoms with Crippen LogP contribution < -0.4 is 15.4 Å². The maximum atomic E-state index is 11.9. The zero-order valence-electron chi connectivity index (χ0n) is 12.8. The average Bonchev–Trinajstić information content (AvgIpc) is 2.88. The number of amides is 1. The zero-order valence-corrected chi connectivity index (χ0v) is 13.6. The van der Waals surface area contributed by atoms with Gasteiger partial charge in [0.1, 0.15) is 11.9 Å². The second-order valence-electron chi connectivity index (χ2n) is 5.79. The molecule has 1 aromatic carbocycles. The van der Waals surface area contributed by atoms with Crippen LogP contribution in [0.2, 0.25) is 0 Å². The number of hydrogen-bond donors (Lipinski definition) is 2. The number of carbonyl (C=O) groups is 1. The van der Waals surface area contributed by atoms with Crippen LogP contribution in [0.1, 0.15) is 17.5 Å². The van der Waals surface area contributed by atoms with Crippen molar-refractivity contribution in [2.24, 2.45) is 5.92 Å². The minimum absolute atomic E-state index is 0. The van der Waals surface area contributed by atoms with E-state index in [0.29, 0.717) is 13.2 Å². The van der Waals surface area contributed by atoms with Crippen LogP contribution in [0.25, 0.3) is 0 Å². The van der Waals surface area contributed by atoms with Gasteiger partial charge in [0.2, 0.25) is 5.91 Å². The molecule has 2 heterocycles. The highest BCUT2D eigenvalue weighted by Crippen LogP contribution is 2.24. The third-order valence-electron chi connectivity index (χ3n) is 4.01. The molecular weight excluding hydrogens is 304 g/mol. The fourth-order valence-corrected chi connectivity index (χ4v) is 2.50. The number of halogens is 1. The molecule has 122 valence electrons. The summed E-state index contributed by atoms with van der Waals surface area (Å²) in [5.41, 5.74) is 2.18. The van der Waals surface area contributed by atoms with Crippen LogP contribution >= 0.6 is 12.4 Å². The van der Waals surface area contributed by atoms with Crippen LogP contribution in [0, 0.1) is 12.8 Å². The van der Waals surface area contributed by atoms with Gasteiger partial charge in [0.05, 0.1) is 19.1 Å². The van der Waals surface area contributed by atoms with Crippen molar-refractivity contribution in [3.8, 4) is 5.75 Å². The number of nitrogens with one attached hydrogen (secondary N) is 2. The minimum Gasteiger partial charge on any atom is -0.488 e. The summed E-state index contributed by atoms with van der Waals surface area (Å²) in [7, 11) is 0. The molecule has 0 bridgehead atoms. The molecule has 2 fully saturated rings. The Morgan fingerprint density at radius 2 is 2.27 bits per heavy atom. The summed E-state index contributed by atoms with van der Waals surface area (Å²) in [6.45, 7) is 5.52. The molecule has 1 unspecified atom stereocenters. The van der Waals surface area contributed by atoms with E-state index in [1.54, 1.807) is 0 Å². The highest BCUT2D eigenvalue weighted by molar-refractivity contribution is 5.85. The predicted octanol–water partition coefficient (Wildman–Crippen LogP) is 1.42. The molecule has 1 amide bonds. The summed E-state index contributed by atoms with van der Waals surface area (Å²) in [4.78, 5) is 11.9. The van der Waals surface area contributed by atoms with Gasteiger partial charge in [0.15, 0.2) is 0 Å². The second kappa shape index (κ2) is 7.81. The summed E-state index contributed by atoms with van der Waals surface area (Å²) in [6, 6.07) is 6.11. The standard InChI is InChI=1S/C16H22N2O3.ClH/c1-11-2-3-12(9-18-16(19)13-7-17-8-13)15(6-11)21-14-4-5-20-10-14;/h2-3,6,13-14,17H,4-5,7-10H2,1H3,(H,18,19);1H. The van der Waals surface area contributed by atoms with E-state index in [4.69, 9.17) is 9.47 Å². The molecular formula is C16H23ClN2O3. The van der Waals surface area contributed by atoms with Crippen molar-refractivity contribution in [3.05, 3.63) is 29.3 Å². The molecule has 0 spiro atoms. The van der Waals surface area contributed by atoms with E-state index in [0.717, 1.165) is 43.0 Å². The highest BCUT2D eigenvalue weighted by atomic mass is 35.5. The van der Waals surface area contributed by atoms with Crippen molar-refractivity contribution in [1.82, 2.24) is 10.6 Å². The first kappa shape index (κ1) is 17.1. The zero-order chi connectivity index (χ0) is 14.7. The number of hydrogen-bond acceptors (Lipinski definition) is 4. The highest BCUT2D eigenvalue weighted by Gasteiger charge is 2.25. The Bertz CT molecular complexity index is 514. The van der Waals surface area contributed by atoms with Crippen LogP contribution in [0.5, 0.6) is 5.75 Å². The monoisotopic (exact) mass is 326 g/mol. The topological polar surface area (TPSA) is 59.6 Å². The fourth-order valence-electron chi connectivity index (χ4n) is 2.50. The molecule has 22 heavy (non-hydrogen) atoms. The van der Waals surface area contributed by atoms with E-state index in [-0.39, 0.29) is 30.3 Å². The molecule has 1 atom stereocenters. The van der Waals surface area contributed by atoms with Gasteiger partial charge < -0.3 is 20.1 Å². The smallest absolute Gasteiger partial charge is 0.225 e. The molecule has 0 aliphatic carbocycles. The Hall–Kier alpha value is -1.30. The quantitative estimate of drug-likeness (QED) is 0.859. The summed E-state index contributed by atoms with van der Waals surface area (Å²) < 4.78 is 11.4. The van der Waals surface area contributed by atoms with Gasteiger partial charge >= 0.3 is 0 Å². The number of carbonyl (C=O) groups excluding carboxylic acids is 1. The van der Waals surface area contributed by atoms with Crippen molar-refractivity contribution in [2.45, 2.75) is 26.0 Å². The lowest BCUT2D eigenvalue weighted by atomic mass is 10.0. The molecule has 2 saturated heterocycles. The van der Waals surface area contributed by atoms with Crippen LogP contribution in [0.3, 0.4) is 0 Å². The lowest BCUT2D eigenvalue weighted by Crippen LogP contribution is -2.50. The number of ether oxygens (including phenoxy) is 2. The Kier molecular flexibility index (Phi) is 6.06. The summed E-state index contributed by atoms with van der Waals surface area (Å²) in [6.07, 6.45) is 1.05. The van der Waals surface area contributed by atoms with Crippen LogP contribution in [-0.4, -0.2) is 38.3 Å². The average molecular weight is 327 g/mol. The van der Waals surface area contributed by atoms with E-state index in [1.807, 2.05) is 25.1 Å². The number of benzene rings is 1. The van der Waals surface area contributed by atoms with Gasteiger partial charge in [-0.25, -0.2) is 0 Å². The van der Waals surface area contributed by atoms with Gasteiger partial charge in [-0.1, -0.05) is 12.1 Å². The summed E-state index contributed by atoms with van der Waals surface area (Å²) in [5, 5.41) is 6.10. The molecule has 3 rings (SSSR count). The largest absolute Gasteiger partial charge is 0.488 e. The Morgan fingerprint density at radius 3 is 2.91 bits per heavy atom. The Balaban J connectivity index is 0.00000176. The first-order valence-electron chi connectivity index (χ1n) is 7.55. The van der Waals surface area contributed by atoms with Gasteiger partial charge in [0, 0.05) is 31.6 Å². The maximum Gasteiger partial charge on any atom is 0.225 e. The van der Waals surface area contributed by atoms with E-state index in [2.05, 4.69) is 10.6 Å². The Morgan fingerprint density at radius 1 is 1.45 bits per heavy atom. The van der Waals surface area contributed by atoms with Gasteiger partial charge in [-0.2, -0.15) is 0 Å². The van der Waals surface area contributed by atoms with E-state index < -0.39 is 0 Å². The van der Waals surface area contributed by atoms with Crippen molar-refractivity contribution < 1.29 is 14.3 Å². The molecule has 6 heteroatoms. The third kappa shape index (κ3) is 4.12. The molecule has 2 aliphatic rings. The molecule has 0 radical (unpaired) electrons. The summed E-state index contributed by atoms with van der Waals surface area (Å²) in [5.74, 6) is 1.09. The second-order valence-corrected chi connectivity index (χ2v) is 5.79. The van der Waals surface area contributed by atoms with Gasteiger partial charge in [0.25, 0.3) is 0 Å². The third-order valence-corrected chi connectivity index (χ3v) is 4.01. The van der Waals surface area contributed by atoms with Crippen molar-refractivity contribution >= 4 is 18.3 Å². The fraction of sp³-hybridized carbons (Fsp3) is 0.562. The van der Waals surface area contributed by atoms with E-state index in [1.165, 1.54) is 0 Å². The molecule has 2 N–H and O–H groups in total. The van der Waals surface area contributed by atoms with Crippen molar-refractivity contribution in [1.29, 1.82) is 0 Å². The van der Waals surface area contributed by atoms with Gasteiger partial charge in [-0.3, -0.25) is 4.79 Å². The molecule has 0 saturated carbocycles. The van der Waals surface area contributed by atoms with Crippen LogP contribution in [0.15, 0.2) is 18.2 Å². The lowest BCUT2D eigenvalue weighted by Gasteiger charge is -2.26. The predicted molar refractivity (Wildman–Crippen MR) is 86.5 cm³/mol. The van der Waals surface area contributed by atoms with Crippen molar-refractivity contribution in [2.75, 3.05) is 26.3 Å². The summed E-state index contributed by atoms with van der Waals surface area (Å²) >= 11 is 0. The van der Waals surface area contributed by atoms with Crippen LogP contribution in [0.4, 0.5) is 0 Å². The maximum absolute atomic E-state index is 11.9. The van der Waals surface area contributed by atoms with E-state index in [9.17, 15) is 4.79 Å². The number of rotatable bonds is 5.